The fraction of sp³-hybridized carbons (Fsp3) is 0.700. The summed E-state index contributed by atoms with van der Waals surface area (Å²) in [6.07, 6.45) is 8.74. The molecule has 0 aromatic rings. The van der Waals surface area contributed by atoms with Gasteiger partial charge in [0, 0.05) is 34.0 Å². The minimum atomic E-state index is -0.262. The van der Waals surface area contributed by atoms with E-state index in [1.807, 2.05) is 13.8 Å². The summed E-state index contributed by atoms with van der Waals surface area (Å²) in [7, 11) is 3.11. The molecule has 0 unspecified atom stereocenters. The van der Waals surface area contributed by atoms with Crippen LogP contribution in [0.3, 0.4) is 0 Å². The van der Waals surface area contributed by atoms with Crippen molar-refractivity contribution in [1.29, 1.82) is 0 Å². The lowest BCUT2D eigenvalue weighted by Crippen LogP contribution is -2.05. The van der Waals surface area contributed by atoms with Crippen molar-refractivity contribution in [2.75, 3.05) is 40.6 Å². The topological polar surface area (TPSA) is 82.1 Å². The van der Waals surface area contributed by atoms with E-state index in [1.165, 1.54) is 13.3 Å². The second-order valence-electron chi connectivity index (χ2n) is 4.97. The molecule has 6 heteroatoms. The van der Waals surface area contributed by atoms with E-state index in [0.29, 0.717) is 25.6 Å². The highest BCUT2D eigenvalue weighted by Gasteiger charge is 2.05. The quantitative estimate of drug-likeness (QED) is 0.447. The molecule has 1 rings (SSSR count). The molecule has 0 bridgehead atoms. The van der Waals surface area contributed by atoms with Gasteiger partial charge < -0.3 is 19.3 Å². The molecule has 1 N–H and O–H groups in total. The van der Waals surface area contributed by atoms with E-state index in [0.717, 1.165) is 25.7 Å². The van der Waals surface area contributed by atoms with Gasteiger partial charge in [-0.25, -0.2) is 0 Å². The molecule has 0 spiro atoms. The molecule has 0 aromatic heterocycles. The van der Waals surface area contributed by atoms with Crippen LogP contribution >= 0.6 is 0 Å². The maximum atomic E-state index is 10.5. The Morgan fingerprint density at radius 1 is 1.00 bits per heavy atom. The molecular formula is C20H40O6. The zero-order chi connectivity index (χ0) is 21.1. The average molecular weight is 377 g/mol. The van der Waals surface area contributed by atoms with E-state index in [2.05, 4.69) is 27.4 Å². The van der Waals surface area contributed by atoms with Crippen LogP contribution in [-0.4, -0.2) is 57.5 Å². The highest BCUT2D eigenvalue weighted by molar-refractivity contribution is 5.78. The summed E-state index contributed by atoms with van der Waals surface area (Å²) >= 11 is 0. The predicted molar refractivity (Wildman–Crippen MR) is 107 cm³/mol. The fourth-order valence-corrected chi connectivity index (χ4v) is 1.31. The molecule has 0 aliphatic heterocycles. The number of allylic oxidation sites excluding steroid dienone is 2. The van der Waals surface area contributed by atoms with E-state index in [-0.39, 0.29) is 12.6 Å². The highest BCUT2D eigenvalue weighted by atomic mass is 16.6. The number of hydrogen-bond acceptors (Lipinski definition) is 6. The standard InChI is InChI=1S/C6H10O.C5H10O3.C3H8O2.2C3H6/c7-6-4-2-1-3-5-6;1-5(6)8-4-3-7-2;1-5-3-2-4;2*1-3-2/h1-5H2;3-4H2,1-2H3;4H,2-3H2,1H3;2*3H,1H2,2H3. The third-order valence-electron chi connectivity index (χ3n) is 2.30. The Bertz CT molecular complexity index is 287. The van der Waals surface area contributed by atoms with Gasteiger partial charge in [-0.1, -0.05) is 18.6 Å². The van der Waals surface area contributed by atoms with Crippen LogP contribution in [0.5, 0.6) is 0 Å². The molecule has 0 aromatic carbocycles. The second kappa shape index (κ2) is 34.8. The number of methoxy groups -OCH3 is 2. The summed E-state index contributed by atoms with van der Waals surface area (Å²) in [5.74, 6) is 0.202. The molecule has 1 aliphatic carbocycles. The van der Waals surface area contributed by atoms with Crippen molar-refractivity contribution in [1.82, 2.24) is 0 Å². The number of hydrogen-bond donors (Lipinski definition) is 1. The molecule has 156 valence electrons. The van der Waals surface area contributed by atoms with Crippen LogP contribution in [-0.2, 0) is 23.8 Å². The van der Waals surface area contributed by atoms with Crippen LogP contribution in [0.2, 0.25) is 0 Å². The van der Waals surface area contributed by atoms with Crippen LogP contribution in [0.4, 0.5) is 0 Å². The zero-order valence-electron chi connectivity index (χ0n) is 17.4. The van der Waals surface area contributed by atoms with Crippen LogP contribution in [0.25, 0.3) is 0 Å². The second-order valence-corrected chi connectivity index (χ2v) is 4.97. The average Bonchev–Trinajstić information content (AvgIpc) is 2.59. The third kappa shape index (κ3) is 57.1. The van der Waals surface area contributed by atoms with E-state index in [1.54, 1.807) is 26.4 Å². The summed E-state index contributed by atoms with van der Waals surface area (Å²) < 4.78 is 13.6. The summed E-state index contributed by atoms with van der Waals surface area (Å²) in [5.41, 5.74) is 0. The zero-order valence-corrected chi connectivity index (χ0v) is 17.4. The smallest absolute Gasteiger partial charge is 0.302 e. The lowest BCUT2D eigenvalue weighted by molar-refractivity contribution is -0.142. The van der Waals surface area contributed by atoms with Gasteiger partial charge in [0.05, 0.1) is 19.8 Å². The first-order valence-corrected chi connectivity index (χ1v) is 8.79. The Morgan fingerprint density at radius 3 is 1.62 bits per heavy atom. The summed E-state index contributed by atoms with van der Waals surface area (Å²) in [6.45, 7) is 13.3. The summed E-state index contributed by atoms with van der Waals surface area (Å²) in [6, 6.07) is 0. The number of ketones is 1. The van der Waals surface area contributed by atoms with Gasteiger partial charge in [0.25, 0.3) is 0 Å². The number of aliphatic hydroxyl groups excluding tert-OH is 1. The van der Waals surface area contributed by atoms with Crippen LogP contribution in [0, 0.1) is 0 Å². The van der Waals surface area contributed by atoms with Gasteiger partial charge in [-0.2, -0.15) is 0 Å². The first kappa shape index (κ1) is 32.2. The number of carbonyl (C=O) groups excluding carboxylic acids is 2. The van der Waals surface area contributed by atoms with Crippen LogP contribution in [0.1, 0.15) is 52.9 Å². The number of rotatable bonds is 5. The van der Waals surface area contributed by atoms with Crippen molar-refractivity contribution in [3.63, 3.8) is 0 Å². The van der Waals surface area contributed by atoms with E-state index < -0.39 is 0 Å². The molecule has 0 radical (unpaired) electrons. The van der Waals surface area contributed by atoms with Gasteiger partial charge in [0.2, 0.25) is 0 Å². The lowest BCUT2D eigenvalue weighted by Gasteiger charge is -2.05. The lowest BCUT2D eigenvalue weighted by atomic mass is 10.00. The minimum absolute atomic E-state index is 0.122. The van der Waals surface area contributed by atoms with Crippen molar-refractivity contribution >= 4 is 11.8 Å². The van der Waals surface area contributed by atoms with Gasteiger partial charge in [0.1, 0.15) is 12.4 Å². The molecule has 0 heterocycles. The molecule has 1 saturated carbocycles. The van der Waals surface area contributed by atoms with Crippen LogP contribution in [0.15, 0.2) is 25.3 Å². The largest absolute Gasteiger partial charge is 0.463 e. The molecule has 0 atom stereocenters. The number of esters is 1. The number of aliphatic hydroxyl groups is 1. The Labute approximate surface area is 160 Å². The first-order chi connectivity index (χ1) is 12.4. The van der Waals surface area contributed by atoms with Gasteiger partial charge in [0.15, 0.2) is 0 Å². The van der Waals surface area contributed by atoms with Gasteiger partial charge in [-0.15, -0.1) is 13.2 Å². The number of ether oxygens (including phenoxy) is 3. The van der Waals surface area contributed by atoms with Crippen molar-refractivity contribution in [2.45, 2.75) is 52.9 Å². The van der Waals surface area contributed by atoms with E-state index in [9.17, 15) is 9.59 Å². The Hall–Kier alpha value is -1.50. The maximum Gasteiger partial charge on any atom is 0.302 e. The SMILES string of the molecule is C=CC.C=CC.COCCO.COCCOC(C)=O.O=C1CCCCC1. The Kier molecular flexibility index (Phi) is 43.0. The minimum Gasteiger partial charge on any atom is -0.463 e. The summed E-state index contributed by atoms with van der Waals surface area (Å²) in [4.78, 5) is 20.5. The molecule has 0 amide bonds. The normalized spacial score (nSPS) is 11.4. The van der Waals surface area contributed by atoms with Gasteiger partial charge >= 0.3 is 5.97 Å². The number of carbonyl (C=O) groups is 2. The maximum absolute atomic E-state index is 10.5. The monoisotopic (exact) mass is 376 g/mol. The van der Waals surface area contributed by atoms with Gasteiger partial charge in [-0.05, 0) is 26.7 Å². The summed E-state index contributed by atoms with van der Waals surface area (Å²) in [5, 5.41) is 7.94. The predicted octanol–water partition coefficient (Wildman–Crippen LogP) is 3.73. The molecule has 0 saturated heterocycles. The third-order valence-corrected chi connectivity index (χ3v) is 2.30. The molecule has 1 fully saturated rings. The van der Waals surface area contributed by atoms with Crippen molar-refractivity contribution < 1.29 is 28.9 Å². The highest BCUT2D eigenvalue weighted by Crippen LogP contribution is 2.12. The Morgan fingerprint density at radius 2 is 1.42 bits per heavy atom. The van der Waals surface area contributed by atoms with E-state index in [4.69, 9.17) is 5.11 Å². The molecule has 26 heavy (non-hydrogen) atoms. The van der Waals surface area contributed by atoms with E-state index >= 15 is 0 Å². The molecule has 1 aliphatic rings. The first-order valence-electron chi connectivity index (χ1n) is 8.79. The van der Waals surface area contributed by atoms with Crippen molar-refractivity contribution in [3.8, 4) is 0 Å². The Balaban J connectivity index is -0.000000123. The fourth-order valence-electron chi connectivity index (χ4n) is 1.31. The van der Waals surface area contributed by atoms with Crippen LogP contribution < -0.4 is 0 Å². The molecular weight excluding hydrogens is 336 g/mol. The molecule has 6 nitrogen and oxygen atoms in total. The number of Topliss-reactive ketones (excluding diaryl/α,β-unsaturated/α-hetero) is 1. The van der Waals surface area contributed by atoms with Gasteiger partial charge in [-0.3, -0.25) is 9.59 Å². The van der Waals surface area contributed by atoms with Crippen molar-refractivity contribution in [2.24, 2.45) is 0 Å². The van der Waals surface area contributed by atoms with Crippen molar-refractivity contribution in [3.05, 3.63) is 25.3 Å².